The molecule has 0 saturated carbocycles. The third-order valence-corrected chi connectivity index (χ3v) is 5.97. The second-order valence-corrected chi connectivity index (χ2v) is 7.86. The molecule has 1 amide bonds. The molecule has 0 unspecified atom stereocenters. The van der Waals surface area contributed by atoms with Crippen molar-refractivity contribution >= 4 is 44.2 Å². The Morgan fingerprint density at radius 3 is 2.69 bits per heavy atom. The number of ether oxygens (including phenoxy) is 1. The molecular formula is C22H19ClN2O3S. The molecule has 4 aromatic rings. The second-order valence-electron chi connectivity index (χ2n) is 6.44. The molecule has 0 aliphatic rings. The van der Waals surface area contributed by atoms with Gasteiger partial charge in [-0.05, 0) is 67.9 Å². The van der Waals surface area contributed by atoms with Crippen molar-refractivity contribution in [2.75, 3.05) is 11.5 Å². The summed E-state index contributed by atoms with van der Waals surface area (Å²) in [6.45, 7) is 4.71. The van der Waals surface area contributed by atoms with Gasteiger partial charge in [-0.2, -0.15) is 0 Å². The van der Waals surface area contributed by atoms with E-state index in [1.165, 1.54) is 11.3 Å². The minimum atomic E-state index is -0.160. The SMILES string of the molecule is CCOc1ccc(C(=O)N(Cc2ccco2)c2nc3c(C)c(Cl)ccc3s2)cc1. The first-order valence-electron chi connectivity index (χ1n) is 9.19. The van der Waals surface area contributed by atoms with Crippen LogP contribution >= 0.6 is 22.9 Å². The standard InChI is InChI=1S/C22H19ClN2O3S/c1-3-27-16-8-6-15(7-9-16)21(26)25(13-17-5-4-12-28-17)22-24-20-14(2)18(23)10-11-19(20)29-22/h4-12H,3,13H2,1-2H3. The van der Waals surface area contributed by atoms with Crippen molar-refractivity contribution in [3.8, 4) is 5.75 Å². The van der Waals surface area contributed by atoms with Gasteiger partial charge in [0.05, 0.1) is 29.6 Å². The van der Waals surface area contributed by atoms with Gasteiger partial charge in [0, 0.05) is 10.6 Å². The van der Waals surface area contributed by atoms with E-state index in [9.17, 15) is 4.79 Å². The van der Waals surface area contributed by atoms with Crippen LogP contribution < -0.4 is 9.64 Å². The molecule has 0 atom stereocenters. The number of benzene rings is 2. The summed E-state index contributed by atoms with van der Waals surface area (Å²) in [6, 6.07) is 14.5. The number of furan rings is 1. The molecule has 148 valence electrons. The molecule has 7 heteroatoms. The first-order chi connectivity index (χ1) is 14.1. The van der Waals surface area contributed by atoms with Crippen molar-refractivity contribution in [2.45, 2.75) is 20.4 Å². The van der Waals surface area contributed by atoms with Gasteiger partial charge >= 0.3 is 0 Å². The number of aryl methyl sites for hydroxylation is 1. The van der Waals surface area contributed by atoms with Gasteiger partial charge in [-0.3, -0.25) is 9.69 Å². The Morgan fingerprint density at radius 2 is 2.00 bits per heavy atom. The summed E-state index contributed by atoms with van der Waals surface area (Å²) in [5.41, 5.74) is 2.26. The second kappa shape index (κ2) is 8.27. The largest absolute Gasteiger partial charge is 0.494 e. The molecule has 0 aliphatic heterocycles. The van der Waals surface area contributed by atoms with Crippen LogP contribution in [-0.2, 0) is 6.54 Å². The van der Waals surface area contributed by atoms with Crippen LogP contribution in [0.2, 0.25) is 5.02 Å². The van der Waals surface area contributed by atoms with E-state index in [0.29, 0.717) is 28.1 Å². The molecule has 2 heterocycles. The van der Waals surface area contributed by atoms with E-state index in [4.69, 9.17) is 25.7 Å². The van der Waals surface area contributed by atoms with E-state index >= 15 is 0 Å². The predicted molar refractivity (Wildman–Crippen MR) is 116 cm³/mol. The molecule has 2 aromatic heterocycles. The lowest BCUT2D eigenvalue weighted by Gasteiger charge is -2.19. The Morgan fingerprint density at radius 1 is 1.21 bits per heavy atom. The number of carbonyl (C=O) groups excluding carboxylic acids is 1. The summed E-state index contributed by atoms with van der Waals surface area (Å²) in [7, 11) is 0. The fraction of sp³-hybridized carbons (Fsp3) is 0.182. The number of hydrogen-bond acceptors (Lipinski definition) is 5. The van der Waals surface area contributed by atoms with Gasteiger partial charge in [0.2, 0.25) is 0 Å². The van der Waals surface area contributed by atoms with Crippen LogP contribution in [0.25, 0.3) is 10.2 Å². The maximum atomic E-state index is 13.4. The molecule has 0 radical (unpaired) electrons. The van der Waals surface area contributed by atoms with Gasteiger partial charge in [0.25, 0.3) is 5.91 Å². The molecular weight excluding hydrogens is 408 g/mol. The highest BCUT2D eigenvalue weighted by Crippen LogP contribution is 2.35. The Hall–Kier alpha value is -2.83. The number of hydrogen-bond donors (Lipinski definition) is 0. The number of halogens is 1. The fourth-order valence-electron chi connectivity index (χ4n) is 3.01. The monoisotopic (exact) mass is 426 g/mol. The summed E-state index contributed by atoms with van der Waals surface area (Å²) in [5.74, 6) is 1.25. The maximum Gasteiger partial charge on any atom is 0.260 e. The van der Waals surface area contributed by atoms with Crippen molar-refractivity contribution in [2.24, 2.45) is 0 Å². The zero-order valence-corrected chi connectivity index (χ0v) is 17.6. The highest BCUT2D eigenvalue weighted by molar-refractivity contribution is 7.22. The van der Waals surface area contributed by atoms with Crippen LogP contribution in [0.3, 0.4) is 0 Å². The van der Waals surface area contributed by atoms with Gasteiger partial charge in [0.1, 0.15) is 11.5 Å². The number of aromatic nitrogens is 1. The van der Waals surface area contributed by atoms with Crippen molar-refractivity contribution < 1.29 is 13.9 Å². The third-order valence-electron chi connectivity index (χ3n) is 4.52. The average molecular weight is 427 g/mol. The van der Waals surface area contributed by atoms with Crippen molar-refractivity contribution in [1.82, 2.24) is 4.98 Å². The van der Waals surface area contributed by atoms with Crippen LogP contribution in [0.5, 0.6) is 5.75 Å². The summed E-state index contributed by atoms with van der Waals surface area (Å²) < 4.78 is 11.9. The van der Waals surface area contributed by atoms with Crippen LogP contribution in [0, 0.1) is 6.92 Å². The zero-order chi connectivity index (χ0) is 20.4. The number of anilines is 1. The number of rotatable bonds is 6. The molecule has 0 spiro atoms. The first kappa shape index (κ1) is 19.5. The number of thiazole rings is 1. The summed E-state index contributed by atoms with van der Waals surface area (Å²) in [5, 5.41) is 1.26. The molecule has 29 heavy (non-hydrogen) atoms. The summed E-state index contributed by atoms with van der Waals surface area (Å²) >= 11 is 7.70. The Kier molecular flexibility index (Phi) is 5.56. The average Bonchev–Trinajstić information content (AvgIpc) is 3.39. The maximum absolute atomic E-state index is 13.4. The summed E-state index contributed by atoms with van der Waals surface area (Å²) in [4.78, 5) is 19.7. The van der Waals surface area contributed by atoms with Crippen molar-refractivity contribution in [1.29, 1.82) is 0 Å². The van der Waals surface area contributed by atoms with Gasteiger partial charge < -0.3 is 9.15 Å². The van der Waals surface area contributed by atoms with Crippen LogP contribution in [0.1, 0.15) is 28.6 Å². The predicted octanol–water partition coefficient (Wildman–Crippen LogP) is 6.10. The lowest BCUT2D eigenvalue weighted by molar-refractivity contribution is 0.0983. The highest BCUT2D eigenvalue weighted by Gasteiger charge is 2.23. The van der Waals surface area contributed by atoms with E-state index in [-0.39, 0.29) is 12.5 Å². The molecule has 0 fully saturated rings. The van der Waals surface area contributed by atoms with E-state index in [2.05, 4.69) is 0 Å². The Bertz CT molecular complexity index is 1140. The lowest BCUT2D eigenvalue weighted by Crippen LogP contribution is -2.30. The highest BCUT2D eigenvalue weighted by atomic mass is 35.5. The fourth-order valence-corrected chi connectivity index (χ4v) is 4.18. The van der Waals surface area contributed by atoms with Crippen molar-refractivity contribution in [3.63, 3.8) is 0 Å². The number of nitrogens with zero attached hydrogens (tertiary/aromatic N) is 2. The normalized spacial score (nSPS) is 11.0. The number of fused-ring (bicyclic) bond motifs is 1. The third kappa shape index (κ3) is 3.99. The number of carbonyl (C=O) groups is 1. The van der Waals surface area contributed by atoms with E-state index in [1.54, 1.807) is 41.5 Å². The first-order valence-corrected chi connectivity index (χ1v) is 10.4. The molecule has 5 nitrogen and oxygen atoms in total. The Balaban J connectivity index is 1.73. The quantitative estimate of drug-likeness (QED) is 0.374. The Labute approximate surface area is 177 Å². The molecule has 0 N–H and O–H groups in total. The van der Waals surface area contributed by atoms with E-state index in [0.717, 1.165) is 21.5 Å². The molecule has 0 saturated heterocycles. The zero-order valence-electron chi connectivity index (χ0n) is 16.0. The molecule has 4 rings (SSSR count). The van der Waals surface area contributed by atoms with Gasteiger partial charge in [0.15, 0.2) is 5.13 Å². The minimum Gasteiger partial charge on any atom is -0.494 e. The van der Waals surface area contributed by atoms with Gasteiger partial charge in [-0.1, -0.05) is 22.9 Å². The smallest absolute Gasteiger partial charge is 0.260 e. The number of amides is 1. The van der Waals surface area contributed by atoms with Crippen LogP contribution in [0.15, 0.2) is 59.2 Å². The van der Waals surface area contributed by atoms with Gasteiger partial charge in [-0.15, -0.1) is 0 Å². The van der Waals surface area contributed by atoms with E-state index in [1.807, 2.05) is 32.0 Å². The topological polar surface area (TPSA) is 55.6 Å². The van der Waals surface area contributed by atoms with Gasteiger partial charge in [-0.25, -0.2) is 4.98 Å². The van der Waals surface area contributed by atoms with Crippen LogP contribution in [0.4, 0.5) is 5.13 Å². The lowest BCUT2D eigenvalue weighted by atomic mass is 10.2. The minimum absolute atomic E-state index is 0.160. The molecule has 0 bridgehead atoms. The molecule has 0 aliphatic carbocycles. The van der Waals surface area contributed by atoms with Crippen molar-refractivity contribution in [3.05, 3.63) is 76.7 Å². The van der Waals surface area contributed by atoms with E-state index < -0.39 is 0 Å². The molecule has 2 aromatic carbocycles. The summed E-state index contributed by atoms with van der Waals surface area (Å²) in [6.07, 6.45) is 1.59. The van der Waals surface area contributed by atoms with Crippen LogP contribution in [-0.4, -0.2) is 17.5 Å².